The van der Waals surface area contributed by atoms with Gasteiger partial charge in [0.25, 0.3) is 0 Å². The molecular weight excluding hydrogens is 255 g/mol. The second-order valence-electron chi connectivity index (χ2n) is 5.08. The minimum atomic E-state index is -4.33. The van der Waals surface area contributed by atoms with Crippen LogP contribution >= 0.6 is 0 Å². The lowest BCUT2D eigenvalue weighted by Gasteiger charge is -2.25. The van der Waals surface area contributed by atoms with E-state index in [4.69, 9.17) is 0 Å². The first kappa shape index (κ1) is 16.0. The first-order chi connectivity index (χ1) is 8.65. The first-order valence-electron chi connectivity index (χ1n) is 6.28. The summed E-state index contributed by atoms with van der Waals surface area (Å²) in [5, 5.41) is 12.9. The summed E-state index contributed by atoms with van der Waals surface area (Å²) in [6.45, 7) is 5.66. The van der Waals surface area contributed by atoms with Crippen molar-refractivity contribution < 1.29 is 18.3 Å². The molecular formula is C14H20F3NO. The molecule has 0 fully saturated rings. The Hall–Kier alpha value is -1.07. The minimum Gasteiger partial charge on any atom is -0.389 e. The second kappa shape index (κ2) is 5.92. The maximum atomic E-state index is 12.6. The van der Waals surface area contributed by atoms with Gasteiger partial charge in [-0.1, -0.05) is 19.1 Å². The van der Waals surface area contributed by atoms with E-state index in [1.165, 1.54) is 6.07 Å². The molecule has 0 radical (unpaired) electrons. The molecule has 108 valence electrons. The van der Waals surface area contributed by atoms with E-state index in [1.54, 1.807) is 19.9 Å². The zero-order valence-corrected chi connectivity index (χ0v) is 11.4. The van der Waals surface area contributed by atoms with Crippen molar-refractivity contribution in [3.05, 3.63) is 35.4 Å². The largest absolute Gasteiger partial charge is 0.416 e. The summed E-state index contributed by atoms with van der Waals surface area (Å²) in [5.41, 5.74) is -0.946. The summed E-state index contributed by atoms with van der Waals surface area (Å²) in [6.07, 6.45) is -3.75. The van der Waals surface area contributed by atoms with Crippen LogP contribution < -0.4 is 5.32 Å². The van der Waals surface area contributed by atoms with E-state index in [9.17, 15) is 18.3 Å². The van der Waals surface area contributed by atoms with Crippen molar-refractivity contribution in [2.45, 2.75) is 45.0 Å². The number of alkyl halides is 3. The first-order valence-corrected chi connectivity index (χ1v) is 6.28. The maximum Gasteiger partial charge on any atom is 0.416 e. The van der Waals surface area contributed by atoms with E-state index in [0.29, 0.717) is 18.5 Å². The highest BCUT2D eigenvalue weighted by molar-refractivity contribution is 5.27. The predicted octanol–water partition coefficient (Wildman–Crippen LogP) is 3.52. The van der Waals surface area contributed by atoms with Crippen molar-refractivity contribution in [3.63, 3.8) is 0 Å². The Bertz CT molecular complexity index is 415. The molecule has 0 aliphatic carbocycles. The van der Waals surface area contributed by atoms with Crippen LogP contribution in [0.4, 0.5) is 13.2 Å². The van der Waals surface area contributed by atoms with Gasteiger partial charge in [-0.2, -0.15) is 13.2 Å². The van der Waals surface area contributed by atoms with Gasteiger partial charge in [0.1, 0.15) is 0 Å². The van der Waals surface area contributed by atoms with Crippen LogP contribution in [0.1, 0.15) is 44.4 Å². The number of hydrogen-bond donors (Lipinski definition) is 2. The van der Waals surface area contributed by atoms with Crippen molar-refractivity contribution in [2.24, 2.45) is 0 Å². The number of rotatable bonds is 5. The second-order valence-corrected chi connectivity index (χ2v) is 5.08. The van der Waals surface area contributed by atoms with Crippen molar-refractivity contribution in [1.29, 1.82) is 0 Å². The number of hydrogen-bond acceptors (Lipinski definition) is 2. The summed E-state index contributed by atoms with van der Waals surface area (Å²) in [7, 11) is 0. The molecule has 1 rings (SSSR count). The van der Waals surface area contributed by atoms with Crippen molar-refractivity contribution in [1.82, 2.24) is 5.32 Å². The summed E-state index contributed by atoms with van der Waals surface area (Å²) < 4.78 is 37.8. The molecule has 0 heterocycles. The number of nitrogens with one attached hydrogen (secondary N) is 1. The molecule has 0 saturated heterocycles. The van der Waals surface area contributed by atoms with Crippen LogP contribution in [0.3, 0.4) is 0 Å². The zero-order chi connectivity index (χ0) is 14.7. The van der Waals surface area contributed by atoms with E-state index in [2.05, 4.69) is 5.32 Å². The van der Waals surface area contributed by atoms with Crippen LogP contribution in [0.15, 0.2) is 24.3 Å². The Balaban J connectivity index is 2.75. The molecule has 0 aromatic heterocycles. The average molecular weight is 275 g/mol. The Kier molecular flexibility index (Phi) is 4.98. The average Bonchev–Trinajstić information content (AvgIpc) is 2.35. The molecule has 0 aliphatic heterocycles. The van der Waals surface area contributed by atoms with Crippen molar-refractivity contribution in [2.75, 3.05) is 6.54 Å². The lowest BCUT2D eigenvalue weighted by atomic mass is 10.0. The number of aliphatic hydroxyl groups is 1. The smallest absolute Gasteiger partial charge is 0.389 e. The maximum absolute atomic E-state index is 12.6. The van der Waals surface area contributed by atoms with Crippen LogP contribution in [-0.2, 0) is 6.18 Å². The Morgan fingerprint density at radius 1 is 1.32 bits per heavy atom. The van der Waals surface area contributed by atoms with Gasteiger partial charge in [0.05, 0.1) is 11.2 Å². The number of benzene rings is 1. The fourth-order valence-corrected chi connectivity index (χ4v) is 1.60. The monoisotopic (exact) mass is 275 g/mol. The third kappa shape index (κ3) is 4.84. The zero-order valence-electron chi connectivity index (χ0n) is 11.4. The van der Waals surface area contributed by atoms with Crippen LogP contribution in [0.25, 0.3) is 0 Å². The van der Waals surface area contributed by atoms with Crippen LogP contribution in [-0.4, -0.2) is 17.3 Å². The van der Waals surface area contributed by atoms with Gasteiger partial charge in [-0.15, -0.1) is 0 Å². The predicted molar refractivity (Wildman–Crippen MR) is 68.8 cm³/mol. The quantitative estimate of drug-likeness (QED) is 0.861. The Morgan fingerprint density at radius 2 is 1.95 bits per heavy atom. The Labute approximate surface area is 111 Å². The lowest BCUT2D eigenvalue weighted by molar-refractivity contribution is -0.137. The molecule has 0 amide bonds. The molecule has 5 heteroatoms. The van der Waals surface area contributed by atoms with Crippen molar-refractivity contribution >= 4 is 0 Å². The molecule has 0 bridgehead atoms. The molecule has 1 aromatic rings. The van der Waals surface area contributed by atoms with Crippen LogP contribution in [0.2, 0.25) is 0 Å². The van der Waals surface area contributed by atoms with Gasteiger partial charge in [0.2, 0.25) is 0 Å². The van der Waals surface area contributed by atoms with Gasteiger partial charge in [-0.3, -0.25) is 0 Å². The summed E-state index contributed by atoms with van der Waals surface area (Å²) in [5.74, 6) is 0. The van der Waals surface area contributed by atoms with Gasteiger partial charge in [0.15, 0.2) is 0 Å². The Morgan fingerprint density at radius 3 is 2.47 bits per heavy atom. The molecule has 2 atom stereocenters. The molecule has 2 unspecified atom stereocenters. The standard InChI is InChI=1S/C14H20F3NO/c1-4-13(3,19)9-18-10(2)11-6-5-7-12(8-11)14(15,16)17/h5-8,10,18-19H,4,9H2,1-3H3. The molecule has 1 aromatic carbocycles. The van der Waals surface area contributed by atoms with Crippen LogP contribution in [0.5, 0.6) is 0 Å². The van der Waals surface area contributed by atoms with Gasteiger partial charge in [-0.25, -0.2) is 0 Å². The third-order valence-electron chi connectivity index (χ3n) is 3.26. The van der Waals surface area contributed by atoms with Crippen LogP contribution in [0, 0.1) is 0 Å². The fourth-order valence-electron chi connectivity index (χ4n) is 1.60. The van der Waals surface area contributed by atoms with E-state index >= 15 is 0 Å². The highest BCUT2D eigenvalue weighted by Gasteiger charge is 2.30. The molecule has 19 heavy (non-hydrogen) atoms. The van der Waals surface area contributed by atoms with Crippen molar-refractivity contribution in [3.8, 4) is 0 Å². The van der Waals surface area contributed by atoms with Gasteiger partial charge in [-0.05, 0) is 38.0 Å². The third-order valence-corrected chi connectivity index (χ3v) is 3.26. The fraction of sp³-hybridized carbons (Fsp3) is 0.571. The molecule has 2 N–H and O–H groups in total. The number of halogens is 3. The van der Waals surface area contributed by atoms with E-state index in [0.717, 1.165) is 12.1 Å². The van der Waals surface area contributed by atoms with Gasteiger partial charge in [0, 0.05) is 12.6 Å². The molecule has 0 aliphatic rings. The van der Waals surface area contributed by atoms with Gasteiger partial charge < -0.3 is 10.4 Å². The SMILES string of the molecule is CCC(C)(O)CNC(C)c1cccc(C(F)(F)F)c1. The van der Waals surface area contributed by atoms with E-state index in [1.807, 2.05) is 6.92 Å². The summed E-state index contributed by atoms with van der Waals surface area (Å²) in [4.78, 5) is 0. The molecule has 0 saturated carbocycles. The minimum absolute atomic E-state index is 0.250. The molecule has 2 nitrogen and oxygen atoms in total. The summed E-state index contributed by atoms with van der Waals surface area (Å²) in [6, 6.07) is 4.99. The van der Waals surface area contributed by atoms with E-state index < -0.39 is 17.3 Å². The highest BCUT2D eigenvalue weighted by atomic mass is 19.4. The molecule has 0 spiro atoms. The normalized spacial score (nSPS) is 17.0. The topological polar surface area (TPSA) is 32.3 Å². The summed E-state index contributed by atoms with van der Waals surface area (Å²) >= 11 is 0. The van der Waals surface area contributed by atoms with Gasteiger partial charge >= 0.3 is 6.18 Å². The van der Waals surface area contributed by atoms with E-state index in [-0.39, 0.29) is 6.04 Å². The highest BCUT2D eigenvalue weighted by Crippen LogP contribution is 2.30. The lowest BCUT2D eigenvalue weighted by Crippen LogP contribution is -2.38.